The molecule has 0 bridgehead atoms. The highest BCUT2D eigenvalue weighted by Gasteiger charge is 2.00. The molecule has 0 aliphatic heterocycles. The highest BCUT2D eigenvalue weighted by molar-refractivity contribution is 5.79. The standard InChI is InChI=1S/C16H33N7O/c1-4-17-16(19-9-12-22(2)10-7-13-24-3)18-8-5-6-11-23-14-20-21-15-23/h14-15H,4-13H2,1-3H3,(H2,17,18,19). The van der Waals surface area contributed by atoms with Crippen LogP contribution in [0.5, 0.6) is 0 Å². The molecule has 138 valence electrons. The summed E-state index contributed by atoms with van der Waals surface area (Å²) in [7, 11) is 3.87. The van der Waals surface area contributed by atoms with Crippen LogP contribution in [-0.2, 0) is 11.3 Å². The van der Waals surface area contributed by atoms with E-state index in [1.807, 2.05) is 4.57 Å². The van der Waals surface area contributed by atoms with Crippen molar-refractivity contribution in [1.29, 1.82) is 0 Å². The molecule has 0 radical (unpaired) electrons. The van der Waals surface area contributed by atoms with E-state index in [0.29, 0.717) is 0 Å². The van der Waals surface area contributed by atoms with Crippen LogP contribution < -0.4 is 10.6 Å². The maximum Gasteiger partial charge on any atom is 0.191 e. The molecule has 1 aromatic rings. The lowest BCUT2D eigenvalue weighted by molar-refractivity contribution is 0.180. The second kappa shape index (κ2) is 13.7. The van der Waals surface area contributed by atoms with Gasteiger partial charge >= 0.3 is 0 Å². The lowest BCUT2D eigenvalue weighted by Gasteiger charge is -2.18. The number of nitrogens with one attached hydrogen (secondary N) is 2. The largest absolute Gasteiger partial charge is 0.385 e. The van der Waals surface area contributed by atoms with E-state index in [2.05, 4.69) is 44.7 Å². The maximum atomic E-state index is 5.07. The van der Waals surface area contributed by atoms with E-state index in [-0.39, 0.29) is 0 Å². The molecule has 0 aliphatic carbocycles. The molecule has 0 saturated heterocycles. The van der Waals surface area contributed by atoms with E-state index >= 15 is 0 Å². The Hall–Kier alpha value is -1.67. The van der Waals surface area contributed by atoms with Crippen molar-refractivity contribution in [3.05, 3.63) is 12.7 Å². The fraction of sp³-hybridized carbons (Fsp3) is 0.812. The van der Waals surface area contributed by atoms with Crippen LogP contribution in [0.4, 0.5) is 0 Å². The molecule has 1 aromatic heterocycles. The van der Waals surface area contributed by atoms with Crippen molar-refractivity contribution in [2.24, 2.45) is 4.99 Å². The molecule has 0 spiro atoms. The normalized spacial score (nSPS) is 11.9. The number of rotatable bonds is 13. The van der Waals surface area contributed by atoms with Crippen LogP contribution in [0.3, 0.4) is 0 Å². The van der Waals surface area contributed by atoms with Crippen LogP contribution in [0.25, 0.3) is 0 Å². The van der Waals surface area contributed by atoms with E-state index in [1.165, 1.54) is 0 Å². The number of guanidine groups is 1. The molecule has 1 heterocycles. The molecule has 0 atom stereocenters. The summed E-state index contributed by atoms with van der Waals surface area (Å²) in [4.78, 5) is 6.92. The first-order valence-corrected chi connectivity index (χ1v) is 8.78. The molecule has 8 nitrogen and oxygen atoms in total. The Kier molecular flexibility index (Phi) is 11.7. The summed E-state index contributed by atoms with van der Waals surface area (Å²) < 4.78 is 7.07. The predicted molar refractivity (Wildman–Crippen MR) is 97.2 cm³/mol. The Balaban J connectivity index is 2.14. The van der Waals surface area contributed by atoms with Gasteiger partial charge < -0.3 is 24.8 Å². The summed E-state index contributed by atoms with van der Waals surface area (Å²) in [6.45, 7) is 8.46. The van der Waals surface area contributed by atoms with Crippen LogP contribution >= 0.6 is 0 Å². The van der Waals surface area contributed by atoms with Gasteiger partial charge in [-0.25, -0.2) is 0 Å². The molecule has 0 amide bonds. The molecule has 1 rings (SSSR count). The van der Waals surface area contributed by atoms with Crippen molar-refractivity contribution >= 4 is 5.96 Å². The number of methoxy groups -OCH3 is 1. The van der Waals surface area contributed by atoms with Crippen LogP contribution in [0.2, 0.25) is 0 Å². The van der Waals surface area contributed by atoms with Crippen LogP contribution in [0.1, 0.15) is 26.2 Å². The SMILES string of the molecule is CCNC(=NCCCCn1cnnc1)NCCN(C)CCCOC. The average molecular weight is 339 g/mol. The van der Waals surface area contributed by atoms with Crippen molar-refractivity contribution in [3.8, 4) is 0 Å². The van der Waals surface area contributed by atoms with Crippen LogP contribution in [0, 0.1) is 0 Å². The molecule has 24 heavy (non-hydrogen) atoms. The van der Waals surface area contributed by atoms with Crippen molar-refractivity contribution in [2.75, 3.05) is 53.5 Å². The minimum atomic E-state index is 0.816. The molecule has 0 unspecified atom stereocenters. The lowest BCUT2D eigenvalue weighted by Crippen LogP contribution is -2.41. The first-order valence-electron chi connectivity index (χ1n) is 8.78. The maximum absolute atomic E-state index is 5.07. The van der Waals surface area contributed by atoms with Gasteiger partial charge in [-0.2, -0.15) is 0 Å². The van der Waals surface area contributed by atoms with Gasteiger partial charge in [0.2, 0.25) is 0 Å². The molecule has 0 aliphatic rings. The topological polar surface area (TPSA) is 79.6 Å². The van der Waals surface area contributed by atoms with Gasteiger partial charge in [0.25, 0.3) is 0 Å². The lowest BCUT2D eigenvalue weighted by atomic mass is 10.3. The van der Waals surface area contributed by atoms with Gasteiger partial charge in [-0.05, 0) is 33.2 Å². The van der Waals surface area contributed by atoms with Gasteiger partial charge in [0.15, 0.2) is 5.96 Å². The molecule has 8 heteroatoms. The van der Waals surface area contributed by atoms with Crippen molar-refractivity contribution in [3.63, 3.8) is 0 Å². The van der Waals surface area contributed by atoms with Crippen molar-refractivity contribution < 1.29 is 4.74 Å². The fourth-order valence-corrected chi connectivity index (χ4v) is 2.23. The summed E-state index contributed by atoms with van der Waals surface area (Å²) in [6, 6.07) is 0. The van der Waals surface area contributed by atoms with E-state index < -0.39 is 0 Å². The number of hydrogen-bond acceptors (Lipinski definition) is 5. The second-order valence-electron chi connectivity index (χ2n) is 5.74. The third kappa shape index (κ3) is 10.2. The number of aryl methyl sites for hydroxylation is 1. The van der Waals surface area contributed by atoms with Gasteiger partial charge in [-0.15, -0.1) is 10.2 Å². The minimum Gasteiger partial charge on any atom is -0.385 e. The highest BCUT2D eigenvalue weighted by Crippen LogP contribution is 1.94. The number of nitrogens with zero attached hydrogens (tertiary/aromatic N) is 5. The molecular formula is C16H33N7O. The zero-order chi connectivity index (χ0) is 17.5. The number of aliphatic imine (C=N–C) groups is 1. The Bertz CT molecular complexity index is 422. The van der Waals surface area contributed by atoms with Gasteiger partial charge in [0.05, 0.1) is 0 Å². The second-order valence-corrected chi connectivity index (χ2v) is 5.74. The van der Waals surface area contributed by atoms with Crippen LogP contribution in [0.15, 0.2) is 17.6 Å². The number of hydrogen-bond donors (Lipinski definition) is 2. The summed E-state index contributed by atoms with van der Waals surface area (Å²) in [5.74, 6) is 0.895. The molecule has 0 fully saturated rings. The first kappa shape index (κ1) is 20.4. The Morgan fingerprint density at radius 1 is 1.17 bits per heavy atom. The van der Waals surface area contributed by atoms with Gasteiger partial charge in [0.1, 0.15) is 12.7 Å². The Morgan fingerprint density at radius 2 is 1.96 bits per heavy atom. The molecule has 2 N–H and O–H groups in total. The molecular weight excluding hydrogens is 306 g/mol. The smallest absolute Gasteiger partial charge is 0.191 e. The average Bonchev–Trinajstić information content (AvgIpc) is 3.08. The monoisotopic (exact) mass is 339 g/mol. The van der Waals surface area contributed by atoms with Gasteiger partial charge in [-0.1, -0.05) is 0 Å². The minimum absolute atomic E-state index is 0.816. The summed E-state index contributed by atoms with van der Waals surface area (Å²) in [5, 5.41) is 14.3. The molecule has 0 saturated carbocycles. The van der Waals surface area contributed by atoms with E-state index in [9.17, 15) is 0 Å². The van der Waals surface area contributed by atoms with E-state index in [0.717, 1.165) is 71.1 Å². The van der Waals surface area contributed by atoms with Gasteiger partial charge in [0, 0.05) is 53.0 Å². The number of aromatic nitrogens is 3. The first-order chi connectivity index (χ1) is 11.8. The fourth-order valence-electron chi connectivity index (χ4n) is 2.23. The quantitative estimate of drug-likeness (QED) is 0.311. The van der Waals surface area contributed by atoms with E-state index in [4.69, 9.17) is 4.74 Å². The Morgan fingerprint density at radius 3 is 2.67 bits per heavy atom. The summed E-state index contributed by atoms with van der Waals surface area (Å²) in [5.41, 5.74) is 0. The highest BCUT2D eigenvalue weighted by atomic mass is 16.5. The molecule has 0 aromatic carbocycles. The van der Waals surface area contributed by atoms with Crippen LogP contribution in [-0.4, -0.2) is 79.1 Å². The predicted octanol–water partition coefficient (Wildman–Crippen LogP) is 0.582. The number of unbranched alkanes of at least 4 members (excludes halogenated alkanes) is 1. The number of ether oxygens (including phenoxy) is 1. The third-order valence-corrected chi connectivity index (χ3v) is 3.58. The van der Waals surface area contributed by atoms with Crippen molar-refractivity contribution in [1.82, 2.24) is 30.3 Å². The van der Waals surface area contributed by atoms with Crippen molar-refractivity contribution in [2.45, 2.75) is 32.7 Å². The third-order valence-electron chi connectivity index (χ3n) is 3.58. The zero-order valence-electron chi connectivity index (χ0n) is 15.4. The zero-order valence-corrected chi connectivity index (χ0v) is 15.4. The number of likely N-dealkylation sites (N-methyl/N-ethyl adjacent to an activating group) is 1. The Labute approximate surface area is 145 Å². The van der Waals surface area contributed by atoms with Gasteiger partial charge in [-0.3, -0.25) is 4.99 Å². The summed E-state index contributed by atoms with van der Waals surface area (Å²) >= 11 is 0. The summed E-state index contributed by atoms with van der Waals surface area (Å²) in [6.07, 6.45) is 6.68. The van der Waals surface area contributed by atoms with E-state index in [1.54, 1.807) is 19.8 Å².